The van der Waals surface area contributed by atoms with Crippen molar-refractivity contribution >= 4 is 39.3 Å². The molecule has 0 bridgehead atoms. The number of hydrogen-bond acceptors (Lipinski definition) is 6. The summed E-state index contributed by atoms with van der Waals surface area (Å²) in [6.45, 7) is 2.13. The number of amides is 1. The highest BCUT2D eigenvalue weighted by molar-refractivity contribution is 7.21. The van der Waals surface area contributed by atoms with Crippen LogP contribution < -0.4 is 0 Å². The van der Waals surface area contributed by atoms with Gasteiger partial charge in [0.2, 0.25) is 0 Å². The molecule has 2 aromatic rings. The molecule has 0 aliphatic carbocycles. The third-order valence-corrected chi connectivity index (χ3v) is 6.03. The zero-order chi connectivity index (χ0) is 19.6. The number of carbonyl (C=O) groups is 3. The number of nitrogens with zero attached hydrogens (tertiary/aromatic N) is 1. The molecule has 3 rings (SSSR count). The fourth-order valence-electron chi connectivity index (χ4n) is 3.26. The molecule has 1 saturated heterocycles. The Morgan fingerprint density at radius 1 is 1.26 bits per heavy atom. The highest BCUT2D eigenvalue weighted by Crippen LogP contribution is 2.33. The Bertz CT molecular complexity index is 886. The van der Waals surface area contributed by atoms with Crippen molar-refractivity contribution in [1.29, 1.82) is 0 Å². The molecule has 1 aromatic heterocycles. The van der Waals surface area contributed by atoms with Crippen LogP contribution in [0.1, 0.15) is 28.1 Å². The van der Waals surface area contributed by atoms with Crippen molar-refractivity contribution in [2.24, 2.45) is 5.92 Å². The molecule has 1 amide bonds. The monoisotopic (exact) mass is 393 g/mol. The maximum absolute atomic E-state index is 14.0. The summed E-state index contributed by atoms with van der Waals surface area (Å²) in [6.07, 6.45) is 1.06. The summed E-state index contributed by atoms with van der Waals surface area (Å²) in [7, 11) is 1.35. The van der Waals surface area contributed by atoms with Crippen LogP contribution in [0.3, 0.4) is 0 Å². The van der Waals surface area contributed by atoms with E-state index in [0.717, 1.165) is 11.3 Å². The maximum atomic E-state index is 14.0. The van der Waals surface area contributed by atoms with Crippen LogP contribution in [0.25, 0.3) is 10.1 Å². The van der Waals surface area contributed by atoms with Crippen molar-refractivity contribution in [1.82, 2.24) is 4.90 Å². The standard InChI is InChI=1S/C19H20FNO5S/c1-11-16-13(20)4-3-5-14(16)27-17(11)19(24)26-10-15(22)21-8-6-12(7-9-21)18(23)25-2/h3-5,12H,6-10H2,1-2H3. The summed E-state index contributed by atoms with van der Waals surface area (Å²) in [5.41, 5.74) is 0.518. The van der Waals surface area contributed by atoms with E-state index in [1.165, 1.54) is 13.2 Å². The van der Waals surface area contributed by atoms with Crippen molar-refractivity contribution in [3.63, 3.8) is 0 Å². The predicted molar refractivity (Wildman–Crippen MR) is 98.1 cm³/mol. The zero-order valence-electron chi connectivity index (χ0n) is 15.1. The molecular formula is C19H20FNO5S. The van der Waals surface area contributed by atoms with Gasteiger partial charge in [-0.25, -0.2) is 9.18 Å². The Morgan fingerprint density at radius 3 is 2.59 bits per heavy atom. The summed E-state index contributed by atoms with van der Waals surface area (Å²) in [5, 5.41) is 0.408. The molecule has 1 aromatic carbocycles. The molecule has 0 spiro atoms. The van der Waals surface area contributed by atoms with E-state index >= 15 is 0 Å². The lowest BCUT2D eigenvalue weighted by Gasteiger charge is -2.30. The Labute approximate surface area is 159 Å². The predicted octanol–water partition coefficient (Wildman–Crippen LogP) is 2.92. The molecule has 27 heavy (non-hydrogen) atoms. The van der Waals surface area contributed by atoms with Gasteiger partial charge in [0.1, 0.15) is 10.7 Å². The minimum atomic E-state index is -0.633. The van der Waals surface area contributed by atoms with Crippen molar-refractivity contribution in [3.8, 4) is 0 Å². The first kappa shape index (κ1) is 19.3. The van der Waals surface area contributed by atoms with Crippen molar-refractivity contribution in [2.75, 3.05) is 26.8 Å². The van der Waals surface area contributed by atoms with Gasteiger partial charge < -0.3 is 14.4 Å². The normalized spacial score (nSPS) is 15.0. The number of benzene rings is 1. The van der Waals surface area contributed by atoms with Gasteiger partial charge in [-0.2, -0.15) is 0 Å². The van der Waals surface area contributed by atoms with Crippen LogP contribution >= 0.6 is 11.3 Å². The van der Waals surface area contributed by atoms with E-state index in [-0.39, 0.29) is 30.2 Å². The van der Waals surface area contributed by atoms with Gasteiger partial charge >= 0.3 is 11.9 Å². The number of rotatable bonds is 4. The van der Waals surface area contributed by atoms with Gasteiger partial charge in [0.15, 0.2) is 6.61 Å². The van der Waals surface area contributed by atoms with Crippen LogP contribution in [0, 0.1) is 18.7 Å². The number of likely N-dealkylation sites (tertiary alicyclic amines) is 1. The second-order valence-corrected chi connectivity index (χ2v) is 7.48. The molecule has 1 fully saturated rings. The molecule has 8 heteroatoms. The molecule has 0 N–H and O–H groups in total. The molecule has 2 heterocycles. The van der Waals surface area contributed by atoms with Crippen LogP contribution in [0.4, 0.5) is 4.39 Å². The van der Waals surface area contributed by atoms with Gasteiger partial charge in [-0.15, -0.1) is 11.3 Å². The number of aryl methyl sites for hydroxylation is 1. The van der Waals surface area contributed by atoms with Crippen LogP contribution in [0.15, 0.2) is 18.2 Å². The number of halogens is 1. The largest absolute Gasteiger partial charge is 0.469 e. The molecule has 144 valence electrons. The second kappa shape index (κ2) is 8.04. The number of carbonyl (C=O) groups excluding carboxylic acids is 3. The Balaban J connectivity index is 1.58. The van der Waals surface area contributed by atoms with E-state index in [0.29, 0.717) is 46.5 Å². The molecular weight excluding hydrogens is 373 g/mol. The first-order valence-electron chi connectivity index (χ1n) is 8.62. The molecule has 1 aliphatic heterocycles. The molecule has 0 atom stereocenters. The van der Waals surface area contributed by atoms with E-state index in [9.17, 15) is 18.8 Å². The third kappa shape index (κ3) is 3.95. The minimum Gasteiger partial charge on any atom is -0.469 e. The van der Waals surface area contributed by atoms with Crippen LogP contribution in [-0.2, 0) is 19.1 Å². The fourth-order valence-corrected chi connectivity index (χ4v) is 4.38. The van der Waals surface area contributed by atoms with E-state index < -0.39 is 5.97 Å². The van der Waals surface area contributed by atoms with Gasteiger partial charge in [0, 0.05) is 23.2 Å². The topological polar surface area (TPSA) is 72.9 Å². The number of hydrogen-bond donors (Lipinski definition) is 0. The van der Waals surface area contributed by atoms with Crippen molar-refractivity contribution in [2.45, 2.75) is 19.8 Å². The summed E-state index contributed by atoms with van der Waals surface area (Å²) in [6, 6.07) is 4.67. The van der Waals surface area contributed by atoms with Crippen molar-refractivity contribution in [3.05, 3.63) is 34.5 Å². The molecule has 0 unspecified atom stereocenters. The van der Waals surface area contributed by atoms with Gasteiger partial charge in [-0.3, -0.25) is 9.59 Å². The quantitative estimate of drug-likeness (QED) is 0.747. The second-order valence-electron chi connectivity index (χ2n) is 6.42. The third-order valence-electron chi connectivity index (χ3n) is 4.80. The summed E-state index contributed by atoms with van der Waals surface area (Å²) < 4.78 is 24.5. The Hall–Kier alpha value is -2.48. The van der Waals surface area contributed by atoms with E-state index in [1.54, 1.807) is 24.0 Å². The zero-order valence-corrected chi connectivity index (χ0v) is 15.9. The number of ether oxygens (including phenoxy) is 2. The number of fused-ring (bicyclic) bond motifs is 1. The van der Waals surface area contributed by atoms with Crippen LogP contribution in [0.2, 0.25) is 0 Å². The van der Waals surface area contributed by atoms with Crippen LogP contribution in [0.5, 0.6) is 0 Å². The first-order chi connectivity index (χ1) is 12.9. The van der Waals surface area contributed by atoms with Crippen LogP contribution in [-0.4, -0.2) is 49.6 Å². The number of methoxy groups -OCH3 is 1. The van der Waals surface area contributed by atoms with Gasteiger partial charge in [0.05, 0.1) is 13.0 Å². The van der Waals surface area contributed by atoms with Crippen molar-refractivity contribution < 1.29 is 28.2 Å². The van der Waals surface area contributed by atoms with Gasteiger partial charge in [0.25, 0.3) is 5.91 Å². The number of piperidine rings is 1. The lowest BCUT2D eigenvalue weighted by atomic mass is 9.97. The lowest BCUT2D eigenvalue weighted by molar-refractivity contribution is -0.149. The average Bonchev–Trinajstić information content (AvgIpc) is 3.03. The first-order valence-corrected chi connectivity index (χ1v) is 9.44. The Kier molecular flexibility index (Phi) is 5.74. The SMILES string of the molecule is COC(=O)C1CCN(C(=O)COC(=O)c2sc3cccc(F)c3c2C)CC1. The molecule has 0 saturated carbocycles. The smallest absolute Gasteiger partial charge is 0.349 e. The van der Waals surface area contributed by atoms with Gasteiger partial charge in [-0.05, 0) is 37.5 Å². The molecule has 1 aliphatic rings. The Morgan fingerprint density at radius 2 is 1.96 bits per heavy atom. The van der Waals surface area contributed by atoms with E-state index in [4.69, 9.17) is 9.47 Å². The number of esters is 2. The summed E-state index contributed by atoms with van der Waals surface area (Å²) in [4.78, 5) is 38.0. The summed E-state index contributed by atoms with van der Waals surface area (Å²) >= 11 is 1.15. The van der Waals surface area contributed by atoms with E-state index in [1.807, 2.05) is 0 Å². The highest BCUT2D eigenvalue weighted by Gasteiger charge is 2.28. The average molecular weight is 393 g/mol. The fraction of sp³-hybridized carbons (Fsp3) is 0.421. The lowest BCUT2D eigenvalue weighted by Crippen LogP contribution is -2.42. The summed E-state index contributed by atoms with van der Waals surface area (Å²) in [5.74, 6) is -1.79. The maximum Gasteiger partial charge on any atom is 0.349 e. The van der Waals surface area contributed by atoms with E-state index in [2.05, 4.69) is 0 Å². The number of thiophene rings is 1. The molecule has 0 radical (unpaired) electrons. The van der Waals surface area contributed by atoms with Gasteiger partial charge in [-0.1, -0.05) is 6.07 Å². The minimum absolute atomic E-state index is 0.197. The highest BCUT2D eigenvalue weighted by atomic mass is 32.1. The molecule has 6 nitrogen and oxygen atoms in total.